The molecule has 0 atom stereocenters. The molecule has 2 saturated heterocycles. The lowest BCUT2D eigenvalue weighted by Crippen LogP contribution is -2.41. The lowest BCUT2D eigenvalue weighted by Gasteiger charge is -2.35. The van der Waals surface area contributed by atoms with Crippen molar-refractivity contribution in [2.75, 3.05) is 46.8 Å². The van der Waals surface area contributed by atoms with Gasteiger partial charge in [0.15, 0.2) is 0 Å². The van der Waals surface area contributed by atoms with E-state index in [1.807, 2.05) is 24.3 Å². The van der Waals surface area contributed by atoms with E-state index in [9.17, 15) is 0 Å². The summed E-state index contributed by atoms with van der Waals surface area (Å²) in [6.07, 6.45) is 7.72. The smallest absolute Gasteiger partial charge is 0.129 e. The van der Waals surface area contributed by atoms with Crippen molar-refractivity contribution in [1.29, 1.82) is 0 Å². The van der Waals surface area contributed by atoms with Crippen LogP contribution in [0.1, 0.15) is 49.8 Å². The van der Waals surface area contributed by atoms with E-state index in [1.54, 1.807) is 0 Å². The van der Waals surface area contributed by atoms with Crippen LogP contribution in [0.3, 0.4) is 0 Å². The standard InChI is InChI=1S/C31H43ClN4O.3ClH/c1-33(2)26-15-21-35(22-16-26)23-29-28-9-4-5-10-30(28)36(20-8-19-34-17-6-3-7-18-34)31(29)24-37-27-13-11-25(32)12-14-27;;;/h4-5,9-14,26H,3,6-8,15-24H2,1-2H3;3*1H. The highest BCUT2D eigenvalue weighted by Gasteiger charge is 2.24. The van der Waals surface area contributed by atoms with Crippen molar-refractivity contribution in [3.05, 3.63) is 64.8 Å². The van der Waals surface area contributed by atoms with Crippen molar-refractivity contribution in [1.82, 2.24) is 19.3 Å². The Hall–Kier alpha value is -1.18. The fraction of sp³-hybridized carbons (Fsp3) is 0.548. The molecule has 0 bridgehead atoms. The molecular formula is C31H46Cl4N4O. The van der Waals surface area contributed by atoms with E-state index in [1.165, 1.54) is 80.3 Å². The Morgan fingerprint density at radius 1 is 0.825 bits per heavy atom. The molecule has 0 spiro atoms. The number of nitrogens with zero attached hydrogens (tertiary/aromatic N) is 4. The van der Waals surface area contributed by atoms with E-state index < -0.39 is 0 Å². The van der Waals surface area contributed by atoms with E-state index in [0.29, 0.717) is 12.6 Å². The number of aryl methyl sites for hydroxylation is 1. The summed E-state index contributed by atoms with van der Waals surface area (Å²) in [5.41, 5.74) is 4.10. The minimum atomic E-state index is 0. The summed E-state index contributed by atoms with van der Waals surface area (Å²) in [7, 11) is 4.42. The number of likely N-dealkylation sites (tertiary alicyclic amines) is 2. The van der Waals surface area contributed by atoms with Crippen LogP contribution < -0.4 is 4.74 Å². The first-order valence-electron chi connectivity index (χ1n) is 14.2. The largest absolute Gasteiger partial charge is 0.487 e. The van der Waals surface area contributed by atoms with Gasteiger partial charge in [-0.25, -0.2) is 0 Å². The molecule has 2 aliphatic rings. The molecule has 3 aromatic rings. The maximum absolute atomic E-state index is 6.38. The van der Waals surface area contributed by atoms with Crippen LogP contribution in [0.15, 0.2) is 48.5 Å². The first-order valence-corrected chi connectivity index (χ1v) is 14.5. The number of ether oxygens (including phenoxy) is 1. The minimum absolute atomic E-state index is 0. The molecule has 2 fully saturated rings. The van der Waals surface area contributed by atoms with Gasteiger partial charge in [0.2, 0.25) is 0 Å². The molecule has 0 amide bonds. The summed E-state index contributed by atoms with van der Waals surface area (Å²) in [6.45, 7) is 8.57. The third-order valence-electron chi connectivity index (χ3n) is 8.36. The summed E-state index contributed by atoms with van der Waals surface area (Å²) < 4.78 is 8.93. The molecule has 0 aliphatic carbocycles. The Labute approximate surface area is 264 Å². The zero-order valence-electron chi connectivity index (χ0n) is 23.9. The van der Waals surface area contributed by atoms with Gasteiger partial charge in [-0.05, 0) is 115 Å². The number of fused-ring (bicyclic) bond motifs is 1. The quantitative estimate of drug-likeness (QED) is 0.231. The van der Waals surface area contributed by atoms with Gasteiger partial charge in [-0.2, -0.15) is 0 Å². The Kier molecular flexibility index (Phi) is 14.9. The Morgan fingerprint density at radius 2 is 1.50 bits per heavy atom. The molecular weight excluding hydrogens is 586 g/mol. The molecule has 3 heterocycles. The fourth-order valence-electron chi connectivity index (χ4n) is 6.16. The highest BCUT2D eigenvalue weighted by molar-refractivity contribution is 6.30. The van der Waals surface area contributed by atoms with Gasteiger partial charge in [0.25, 0.3) is 0 Å². The van der Waals surface area contributed by atoms with Crippen LogP contribution in [0.2, 0.25) is 5.02 Å². The highest BCUT2D eigenvalue weighted by Crippen LogP contribution is 2.31. The van der Waals surface area contributed by atoms with Gasteiger partial charge in [0.05, 0.1) is 5.69 Å². The predicted octanol–water partition coefficient (Wildman–Crippen LogP) is 7.54. The van der Waals surface area contributed by atoms with Crippen LogP contribution in [-0.4, -0.2) is 72.1 Å². The molecule has 2 aromatic carbocycles. The number of aromatic nitrogens is 1. The molecule has 0 saturated carbocycles. The number of halogens is 4. The lowest BCUT2D eigenvalue weighted by atomic mass is 10.0. The minimum Gasteiger partial charge on any atom is -0.487 e. The number of hydrogen-bond acceptors (Lipinski definition) is 4. The molecule has 9 heteroatoms. The maximum Gasteiger partial charge on any atom is 0.129 e. The van der Waals surface area contributed by atoms with E-state index in [4.69, 9.17) is 16.3 Å². The summed E-state index contributed by atoms with van der Waals surface area (Å²) >= 11 is 6.12. The van der Waals surface area contributed by atoms with Crippen molar-refractivity contribution in [3.8, 4) is 5.75 Å². The normalized spacial score (nSPS) is 16.8. The molecule has 5 nitrogen and oxygen atoms in total. The third-order valence-corrected chi connectivity index (χ3v) is 8.61. The van der Waals surface area contributed by atoms with Gasteiger partial charge < -0.3 is 19.1 Å². The van der Waals surface area contributed by atoms with Gasteiger partial charge in [0.1, 0.15) is 12.4 Å². The Balaban J connectivity index is 0.00000187. The molecule has 0 radical (unpaired) electrons. The van der Waals surface area contributed by atoms with Crippen molar-refractivity contribution in [2.24, 2.45) is 0 Å². The van der Waals surface area contributed by atoms with Crippen LogP contribution in [0.25, 0.3) is 10.9 Å². The Morgan fingerprint density at radius 3 is 2.17 bits per heavy atom. The van der Waals surface area contributed by atoms with Crippen LogP contribution in [0, 0.1) is 0 Å². The van der Waals surface area contributed by atoms with Crippen LogP contribution >= 0.6 is 48.8 Å². The second-order valence-electron chi connectivity index (χ2n) is 11.1. The molecule has 5 rings (SSSR count). The van der Waals surface area contributed by atoms with Crippen molar-refractivity contribution in [2.45, 2.75) is 64.3 Å². The predicted molar refractivity (Wildman–Crippen MR) is 176 cm³/mol. The van der Waals surface area contributed by atoms with Crippen LogP contribution in [0.4, 0.5) is 0 Å². The van der Waals surface area contributed by atoms with Crippen LogP contribution in [-0.2, 0) is 19.7 Å². The third kappa shape index (κ3) is 8.91. The first kappa shape index (κ1) is 35.0. The van der Waals surface area contributed by atoms with Crippen molar-refractivity contribution < 1.29 is 4.74 Å². The molecule has 1 aromatic heterocycles. The van der Waals surface area contributed by atoms with E-state index in [-0.39, 0.29) is 37.2 Å². The van der Waals surface area contributed by atoms with Gasteiger partial charge >= 0.3 is 0 Å². The molecule has 40 heavy (non-hydrogen) atoms. The van der Waals surface area contributed by atoms with Gasteiger partial charge in [0, 0.05) is 35.1 Å². The van der Waals surface area contributed by atoms with Crippen molar-refractivity contribution in [3.63, 3.8) is 0 Å². The van der Waals surface area contributed by atoms with E-state index >= 15 is 0 Å². The summed E-state index contributed by atoms with van der Waals surface area (Å²) in [5.74, 6) is 0.868. The van der Waals surface area contributed by atoms with Gasteiger partial charge in [-0.3, -0.25) is 4.90 Å². The van der Waals surface area contributed by atoms with Crippen molar-refractivity contribution >= 4 is 59.7 Å². The fourth-order valence-corrected chi connectivity index (χ4v) is 6.29. The molecule has 2 aliphatic heterocycles. The first-order chi connectivity index (χ1) is 18.1. The average molecular weight is 633 g/mol. The number of piperidine rings is 2. The summed E-state index contributed by atoms with van der Waals surface area (Å²) in [5, 5.41) is 2.12. The topological polar surface area (TPSA) is 23.9 Å². The zero-order chi connectivity index (χ0) is 25.6. The van der Waals surface area contributed by atoms with Gasteiger partial charge in [-0.15, -0.1) is 37.2 Å². The second-order valence-corrected chi connectivity index (χ2v) is 11.5. The highest BCUT2D eigenvalue weighted by atomic mass is 35.5. The van der Waals surface area contributed by atoms with E-state index in [0.717, 1.165) is 37.0 Å². The monoisotopic (exact) mass is 630 g/mol. The maximum atomic E-state index is 6.38. The zero-order valence-corrected chi connectivity index (χ0v) is 27.1. The number of rotatable bonds is 10. The SMILES string of the molecule is CN(C)C1CCN(Cc2c(COc3ccc(Cl)cc3)n(CCCN3CCCCC3)c3ccccc23)CC1.Cl.Cl.Cl. The molecule has 0 N–H and O–H groups in total. The summed E-state index contributed by atoms with van der Waals surface area (Å²) in [6, 6.07) is 17.4. The number of benzene rings is 2. The molecule has 0 unspecified atom stereocenters. The average Bonchev–Trinajstić information content (AvgIpc) is 3.21. The second kappa shape index (κ2) is 17.1. The summed E-state index contributed by atoms with van der Waals surface area (Å²) in [4.78, 5) is 7.68. The Bertz CT molecular complexity index is 1140. The lowest BCUT2D eigenvalue weighted by molar-refractivity contribution is 0.139. The van der Waals surface area contributed by atoms with Crippen LogP contribution in [0.5, 0.6) is 5.75 Å². The van der Waals surface area contributed by atoms with Gasteiger partial charge in [-0.1, -0.05) is 36.2 Å². The molecule has 224 valence electrons. The number of hydrogen-bond donors (Lipinski definition) is 0. The number of para-hydroxylation sites is 1. The van der Waals surface area contributed by atoms with E-state index in [2.05, 4.69) is 57.6 Å².